The van der Waals surface area contributed by atoms with E-state index in [-0.39, 0.29) is 5.41 Å². The van der Waals surface area contributed by atoms with Crippen LogP contribution in [0.15, 0.2) is 24.3 Å². The summed E-state index contributed by atoms with van der Waals surface area (Å²) in [5, 5.41) is 20.3. The van der Waals surface area contributed by atoms with Crippen molar-refractivity contribution < 1.29 is 10.2 Å². The standard InChI is InChI=1S/C21H28O2/c1-7-15-12-18(14(4)17(8-2)20(15)23)21(5,6)16-9-10-19(22)13(3)11-16/h9-12,22-23H,7-8H2,1-6H3. The molecule has 2 nitrogen and oxygen atoms in total. The van der Waals surface area contributed by atoms with Crippen molar-refractivity contribution in [2.75, 3.05) is 0 Å². The van der Waals surface area contributed by atoms with E-state index < -0.39 is 0 Å². The molecule has 0 amide bonds. The van der Waals surface area contributed by atoms with Crippen LogP contribution in [0.4, 0.5) is 0 Å². The Morgan fingerprint density at radius 1 is 0.957 bits per heavy atom. The number of aryl methyl sites for hydroxylation is 2. The largest absolute Gasteiger partial charge is 0.508 e. The van der Waals surface area contributed by atoms with E-state index in [0.29, 0.717) is 11.5 Å². The van der Waals surface area contributed by atoms with Crippen molar-refractivity contribution in [1.82, 2.24) is 0 Å². The summed E-state index contributed by atoms with van der Waals surface area (Å²) in [6.45, 7) is 12.6. The van der Waals surface area contributed by atoms with E-state index in [2.05, 4.69) is 46.8 Å². The van der Waals surface area contributed by atoms with Gasteiger partial charge in [0.05, 0.1) is 0 Å². The molecule has 0 aromatic heterocycles. The first-order valence-corrected chi connectivity index (χ1v) is 8.38. The van der Waals surface area contributed by atoms with Crippen molar-refractivity contribution >= 4 is 0 Å². The van der Waals surface area contributed by atoms with Crippen molar-refractivity contribution in [2.24, 2.45) is 0 Å². The minimum absolute atomic E-state index is 0.190. The van der Waals surface area contributed by atoms with E-state index in [4.69, 9.17) is 0 Å². The summed E-state index contributed by atoms with van der Waals surface area (Å²) >= 11 is 0. The second kappa shape index (κ2) is 6.27. The molecule has 0 unspecified atom stereocenters. The van der Waals surface area contributed by atoms with Crippen molar-refractivity contribution in [3.05, 3.63) is 57.6 Å². The minimum atomic E-state index is -0.190. The number of phenols is 2. The van der Waals surface area contributed by atoms with Gasteiger partial charge in [-0.2, -0.15) is 0 Å². The zero-order valence-corrected chi connectivity index (χ0v) is 15.1. The van der Waals surface area contributed by atoms with Crippen LogP contribution in [0.2, 0.25) is 0 Å². The van der Waals surface area contributed by atoms with Crippen LogP contribution < -0.4 is 0 Å². The third-order valence-corrected chi connectivity index (χ3v) is 5.09. The van der Waals surface area contributed by atoms with Gasteiger partial charge < -0.3 is 10.2 Å². The Bertz CT molecular complexity index is 727. The smallest absolute Gasteiger partial charge is 0.122 e. The molecule has 124 valence electrons. The molecule has 0 atom stereocenters. The lowest BCUT2D eigenvalue weighted by atomic mass is 9.74. The fraction of sp³-hybridized carbons (Fsp3) is 0.429. The Labute approximate surface area is 139 Å². The molecule has 0 spiro atoms. The monoisotopic (exact) mass is 312 g/mol. The van der Waals surface area contributed by atoms with Crippen molar-refractivity contribution in [2.45, 2.75) is 59.8 Å². The van der Waals surface area contributed by atoms with E-state index in [1.165, 1.54) is 11.1 Å². The number of rotatable bonds is 4. The summed E-state index contributed by atoms with van der Waals surface area (Å²) in [6, 6.07) is 7.96. The van der Waals surface area contributed by atoms with Crippen LogP contribution in [0.1, 0.15) is 61.1 Å². The third-order valence-electron chi connectivity index (χ3n) is 5.09. The fourth-order valence-electron chi connectivity index (χ4n) is 3.44. The molecule has 0 bridgehead atoms. The highest BCUT2D eigenvalue weighted by Gasteiger charge is 2.28. The topological polar surface area (TPSA) is 40.5 Å². The zero-order valence-electron chi connectivity index (χ0n) is 15.1. The van der Waals surface area contributed by atoms with Crippen LogP contribution in [0.3, 0.4) is 0 Å². The Morgan fingerprint density at radius 2 is 1.61 bits per heavy atom. The highest BCUT2D eigenvalue weighted by atomic mass is 16.3. The predicted molar refractivity (Wildman–Crippen MR) is 96.6 cm³/mol. The van der Waals surface area contributed by atoms with E-state index in [9.17, 15) is 10.2 Å². The summed E-state index contributed by atoms with van der Waals surface area (Å²) in [5.74, 6) is 0.782. The highest BCUT2D eigenvalue weighted by molar-refractivity contribution is 5.55. The average Bonchev–Trinajstić information content (AvgIpc) is 2.50. The Morgan fingerprint density at radius 3 is 2.13 bits per heavy atom. The molecule has 0 fully saturated rings. The van der Waals surface area contributed by atoms with E-state index in [1.54, 1.807) is 6.07 Å². The molecule has 0 aliphatic heterocycles. The number of aromatic hydroxyl groups is 2. The van der Waals surface area contributed by atoms with Gasteiger partial charge in [-0.05, 0) is 66.1 Å². The maximum absolute atomic E-state index is 10.5. The normalized spacial score (nSPS) is 11.7. The quantitative estimate of drug-likeness (QED) is 0.818. The third kappa shape index (κ3) is 2.95. The number of phenolic OH excluding ortho intramolecular Hbond substituents is 2. The highest BCUT2D eigenvalue weighted by Crippen LogP contribution is 2.40. The Balaban J connectivity index is 2.70. The molecule has 0 aliphatic carbocycles. The van der Waals surface area contributed by atoms with Crippen molar-refractivity contribution in [1.29, 1.82) is 0 Å². The van der Waals surface area contributed by atoms with E-state index >= 15 is 0 Å². The molecule has 0 aliphatic rings. The molecule has 2 heteroatoms. The summed E-state index contributed by atoms with van der Waals surface area (Å²) in [6.07, 6.45) is 1.64. The van der Waals surface area contributed by atoms with Gasteiger partial charge in [-0.3, -0.25) is 0 Å². The molecule has 0 heterocycles. The first kappa shape index (κ1) is 17.4. The van der Waals surface area contributed by atoms with Crippen LogP contribution in [0.25, 0.3) is 0 Å². The minimum Gasteiger partial charge on any atom is -0.508 e. The Hall–Kier alpha value is -1.96. The SMILES string of the molecule is CCc1cc(C(C)(C)c2ccc(O)c(C)c2)c(C)c(CC)c1O. The van der Waals surface area contributed by atoms with Gasteiger partial charge in [-0.1, -0.05) is 45.9 Å². The predicted octanol–water partition coefficient (Wildman–Crippen LogP) is 5.17. The molecule has 0 radical (unpaired) electrons. The lowest BCUT2D eigenvalue weighted by Crippen LogP contribution is -2.21. The van der Waals surface area contributed by atoms with Crippen LogP contribution >= 0.6 is 0 Å². The van der Waals surface area contributed by atoms with Gasteiger partial charge in [0.1, 0.15) is 11.5 Å². The first-order valence-electron chi connectivity index (χ1n) is 8.38. The van der Waals surface area contributed by atoms with Crippen molar-refractivity contribution in [3.63, 3.8) is 0 Å². The zero-order chi connectivity index (χ0) is 17.4. The maximum atomic E-state index is 10.5. The Kier molecular flexibility index (Phi) is 4.74. The van der Waals surface area contributed by atoms with Crippen LogP contribution in [-0.4, -0.2) is 10.2 Å². The van der Waals surface area contributed by atoms with Gasteiger partial charge in [-0.25, -0.2) is 0 Å². The van der Waals surface area contributed by atoms with Gasteiger partial charge in [0.2, 0.25) is 0 Å². The van der Waals surface area contributed by atoms with Crippen molar-refractivity contribution in [3.8, 4) is 11.5 Å². The van der Waals surface area contributed by atoms with Gasteiger partial charge in [0.25, 0.3) is 0 Å². The maximum Gasteiger partial charge on any atom is 0.122 e. The molecule has 2 aromatic rings. The molecule has 23 heavy (non-hydrogen) atoms. The summed E-state index contributed by atoms with van der Waals surface area (Å²) < 4.78 is 0. The molecule has 2 N–H and O–H groups in total. The second-order valence-electron chi connectivity index (χ2n) is 6.87. The molecule has 0 saturated heterocycles. The first-order chi connectivity index (χ1) is 10.7. The second-order valence-corrected chi connectivity index (χ2v) is 6.87. The number of benzene rings is 2. The molecule has 2 rings (SSSR count). The fourth-order valence-corrected chi connectivity index (χ4v) is 3.44. The van der Waals surface area contributed by atoms with E-state index in [1.807, 2.05) is 13.0 Å². The molecule has 2 aromatic carbocycles. The molecular formula is C21H28O2. The van der Waals surface area contributed by atoms with Gasteiger partial charge in [-0.15, -0.1) is 0 Å². The number of hydrogen-bond donors (Lipinski definition) is 2. The lowest BCUT2D eigenvalue weighted by molar-refractivity contribution is 0.460. The average molecular weight is 312 g/mol. The summed E-state index contributed by atoms with van der Waals surface area (Å²) in [7, 11) is 0. The van der Waals surface area contributed by atoms with Gasteiger partial charge in [0, 0.05) is 5.41 Å². The summed E-state index contributed by atoms with van der Waals surface area (Å²) in [5.41, 5.74) is 6.33. The summed E-state index contributed by atoms with van der Waals surface area (Å²) in [4.78, 5) is 0. The molecular weight excluding hydrogens is 284 g/mol. The number of hydrogen-bond acceptors (Lipinski definition) is 2. The molecule has 0 saturated carbocycles. The van der Waals surface area contributed by atoms with Crippen LogP contribution in [0, 0.1) is 13.8 Å². The van der Waals surface area contributed by atoms with Crippen LogP contribution in [-0.2, 0) is 18.3 Å². The lowest BCUT2D eigenvalue weighted by Gasteiger charge is -2.30. The van der Waals surface area contributed by atoms with Crippen LogP contribution in [0.5, 0.6) is 11.5 Å². The van der Waals surface area contributed by atoms with Gasteiger partial charge >= 0.3 is 0 Å². The van der Waals surface area contributed by atoms with E-state index in [0.717, 1.165) is 35.1 Å². The van der Waals surface area contributed by atoms with Gasteiger partial charge in [0.15, 0.2) is 0 Å².